The molecule has 0 aliphatic carbocycles. The fraction of sp³-hybridized carbons (Fsp3) is 0.889. The van der Waals surface area contributed by atoms with Gasteiger partial charge in [-0.3, -0.25) is 4.79 Å². The zero-order chi connectivity index (χ0) is 9.68. The minimum Gasteiger partial charge on any atom is -0.375 e. The van der Waals surface area contributed by atoms with Crippen LogP contribution in [0.15, 0.2) is 0 Å². The molecule has 1 saturated heterocycles. The average molecular weight is 186 g/mol. The predicted octanol–water partition coefficient (Wildman–Crippen LogP) is -0.157. The van der Waals surface area contributed by atoms with E-state index in [4.69, 9.17) is 4.74 Å². The van der Waals surface area contributed by atoms with E-state index in [0.29, 0.717) is 6.61 Å². The van der Waals surface area contributed by atoms with Crippen LogP contribution in [0.3, 0.4) is 0 Å². The number of nitrogens with one attached hydrogen (secondary N) is 1. The molecule has 4 heteroatoms. The molecule has 0 spiro atoms. The van der Waals surface area contributed by atoms with Crippen LogP contribution in [0, 0.1) is 0 Å². The van der Waals surface area contributed by atoms with Gasteiger partial charge in [0.1, 0.15) is 0 Å². The smallest absolute Gasteiger partial charge is 0.219 e. The van der Waals surface area contributed by atoms with Gasteiger partial charge in [0.2, 0.25) is 5.91 Å². The summed E-state index contributed by atoms with van der Waals surface area (Å²) in [6.07, 6.45) is 1.19. The van der Waals surface area contributed by atoms with Gasteiger partial charge in [-0.05, 0) is 13.5 Å². The summed E-state index contributed by atoms with van der Waals surface area (Å²) in [5.74, 6) is 0.147. The molecule has 1 N–H and O–H groups in total. The van der Waals surface area contributed by atoms with Crippen molar-refractivity contribution < 1.29 is 9.53 Å². The number of carbonyl (C=O) groups is 1. The number of hydrogen-bond acceptors (Lipinski definition) is 3. The van der Waals surface area contributed by atoms with Gasteiger partial charge >= 0.3 is 0 Å². The van der Waals surface area contributed by atoms with Gasteiger partial charge < -0.3 is 15.0 Å². The van der Waals surface area contributed by atoms with Gasteiger partial charge in [0.25, 0.3) is 0 Å². The maximum Gasteiger partial charge on any atom is 0.219 e. The summed E-state index contributed by atoms with van der Waals surface area (Å²) < 4.78 is 5.57. The first-order valence-electron chi connectivity index (χ1n) is 4.75. The third-order valence-corrected chi connectivity index (χ3v) is 2.31. The van der Waals surface area contributed by atoms with E-state index in [1.165, 1.54) is 0 Å². The Morgan fingerprint density at radius 2 is 2.38 bits per heavy atom. The van der Waals surface area contributed by atoms with Gasteiger partial charge in [0, 0.05) is 26.6 Å². The fourth-order valence-corrected chi connectivity index (χ4v) is 1.53. The van der Waals surface area contributed by atoms with Crippen molar-refractivity contribution in [3.05, 3.63) is 0 Å². The highest BCUT2D eigenvalue weighted by Crippen LogP contribution is 2.06. The zero-order valence-electron chi connectivity index (χ0n) is 8.38. The van der Waals surface area contributed by atoms with E-state index < -0.39 is 0 Å². The molecular formula is C9H18N2O2. The average Bonchev–Trinajstić information content (AvgIpc) is 2.30. The monoisotopic (exact) mass is 186 g/mol. The summed E-state index contributed by atoms with van der Waals surface area (Å²) in [6, 6.07) is 0. The second-order valence-corrected chi connectivity index (χ2v) is 3.35. The Bertz CT molecular complexity index is 173. The summed E-state index contributed by atoms with van der Waals surface area (Å²) in [4.78, 5) is 12.9. The van der Waals surface area contributed by atoms with Crippen LogP contribution in [-0.2, 0) is 9.53 Å². The molecule has 1 amide bonds. The van der Waals surface area contributed by atoms with Gasteiger partial charge in [-0.15, -0.1) is 0 Å². The van der Waals surface area contributed by atoms with Gasteiger partial charge in [-0.1, -0.05) is 0 Å². The van der Waals surface area contributed by atoms with Gasteiger partial charge in [-0.2, -0.15) is 0 Å². The van der Waals surface area contributed by atoms with Gasteiger partial charge in [0.15, 0.2) is 0 Å². The highest BCUT2D eigenvalue weighted by Gasteiger charge is 2.17. The number of ether oxygens (including phenoxy) is 1. The first-order chi connectivity index (χ1) is 6.24. The Morgan fingerprint density at radius 3 is 3.00 bits per heavy atom. The van der Waals surface area contributed by atoms with E-state index in [1.54, 1.807) is 6.92 Å². The van der Waals surface area contributed by atoms with Gasteiger partial charge in [0.05, 0.1) is 12.7 Å². The summed E-state index contributed by atoms with van der Waals surface area (Å²) in [6.45, 7) is 4.69. The molecular weight excluding hydrogens is 168 g/mol. The number of amides is 1. The van der Waals surface area contributed by atoms with E-state index in [1.807, 2.05) is 11.9 Å². The molecule has 0 radical (unpaired) electrons. The lowest BCUT2D eigenvalue weighted by Gasteiger charge is -2.17. The summed E-state index contributed by atoms with van der Waals surface area (Å²) in [5, 5.41) is 3.08. The maximum atomic E-state index is 11.1. The third-order valence-electron chi connectivity index (χ3n) is 2.31. The second kappa shape index (κ2) is 5.19. The van der Waals surface area contributed by atoms with Crippen LogP contribution in [0.25, 0.3) is 0 Å². The molecule has 76 valence electrons. The molecule has 1 aliphatic rings. The fourth-order valence-electron chi connectivity index (χ4n) is 1.53. The highest BCUT2D eigenvalue weighted by molar-refractivity contribution is 5.73. The lowest BCUT2D eigenvalue weighted by atomic mass is 10.2. The quantitative estimate of drug-likeness (QED) is 0.651. The van der Waals surface area contributed by atoms with Crippen LogP contribution in [0.2, 0.25) is 0 Å². The van der Waals surface area contributed by atoms with E-state index in [-0.39, 0.29) is 12.0 Å². The first kappa shape index (κ1) is 10.5. The summed E-state index contributed by atoms with van der Waals surface area (Å²) in [5.41, 5.74) is 0. The van der Waals surface area contributed by atoms with Crippen LogP contribution < -0.4 is 5.32 Å². The Morgan fingerprint density at radius 1 is 1.62 bits per heavy atom. The minimum absolute atomic E-state index is 0.147. The molecule has 0 aromatic rings. The molecule has 4 nitrogen and oxygen atoms in total. The van der Waals surface area contributed by atoms with Crippen molar-refractivity contribution in [3.8, 4) is 0 Å². The number of hydrogen-bond donors (Lipinski definition) is 1. The Kier molecular flexibility index (Phi) is 4.18. The molecule has 13 heavy (non-hydrogen) atoms. The SMILES string of the molecule is CNCC1CCN(C(C)=O)CCO1. The van der Waals surface area contributed by atoms with Crippen molar-refractivity contribution in [3.63, 3.8) is 0 Å². The van der Waals surface area contributed by atoms with Crippen LogP contribution in [0.4, 0.5) is 0 Å². The Balaban J connectivity index is 2.35. The zero-order valence-corrected chi connectivity index (χ0v) is 8.38. The first-order valence-corrected chi connectivity index (χ1v) is 4.75. The van der Waals surface area contributed by atoms with E-state index in [2.05, 4.69) is 5.32 Å². The minimum atomic E-state index is 0.147. The lowest BCUT2D eigenvalue weighted by Crippen LogP contribution is -2.31. The molecule has 1 fully saturated rings. The van der Waals surface area contributed by atoms with Crippen molar-refractivity contribution in [1.29, 1.82) is 0 Å². The second-order valence-electron chi connectivity index (χ2n) is 3.35. The van der Waals surface area contributed by atoms with Crippen LogP contribution in [0.5, 0.6) is 0 Å². The van der Waals surface area contributed by atoms with Crippen molar-refractivity contribution in [1.82, 2.24) is 10.2 Å². The number of likely N-dealkylation sites (N-methyl/N-ethyl adjacent to an activating group) is 1. The normalized spacial score (nSPS) is 24.2. The van der Waals surface area contributed by atoms with Gasteiger partial charge in [-0.25, -0.2) is 0 Å². The largest absolute Gasteiger partial charge is 0.375 e. The molecule has 0 aromatic heterocycles. The topological polar surface area (TPSA) is 41.6 Å². The lowest BCUT2D eigenvalue weighted by molar-refractivity contribution is -0.128. The maximum absolute atomic E-state index is 11.1. The van der Waals surface area contributed by atoms with Crippen LogP contribution in [0.1, 0.15) is 13.3 Å². The molecule has 1 heterocycles. The van der Waals surface area contributed by atoms with Crippen molar-refractivity contribution >= 4 is 5.91 Å². The Labute approximate surface area is 79.2 Å². The summed E-state index contributed by atoms with van der Waals surface area (Å²) in [7, 11) is 1.91. The number of rotatable bonds is 2. The van der Waals surface area contributed by atoms with Crippen molar-refractivity contribution in [2.45, 2.75) is 19.4 Å². The molecule has 0 aromatic carbocycles. The molecule has 0 saturated carbocycles. The molecule has 1 atom stereocenters. The Hall–Kier alpha value is -0.610. The predicted molar refractivity (Wildman–Crippen MR) is 50.5 cm³/mol. The summed E-state index contributed by atoms with van der Waals surface area (Å²) >= 11 is 0. The third kappa shape index (κ3) is 3.32. The van der Waals surface area contributed by atoms with E-state index in [0.717, 1.165) is 26.1 Å². The standard InChI is InChI=1S/C9H18N2O2/c1-8(12)11-4-3-9(7-10-2)13-6-5-11/h9-10H,3-7H2,1-2H3. The highest BCUT2D eigenvalue weighted by atomic mass is 16.5. The van der Waals surface area contributed by atoms with Crippen molar-refractivity contribution in [2.24, 2.45) is 0 Å². The molecule has 1 unspecified atom stereocenters. The van der Waals surface area contributed by atoms with E-state index >= 15 is 0 Å². The number of nitrogens with zero attached hydrogens (tertiary/aromatic N) is 1. The molecule has 1 aliphatic heterocycles. The van der Waals surface area contributed by atoms with Crippen molar-refractivity contribution in [2.75, 3.05) is 33.3 Å². The van der Waals surface area contributed by atoms with Crippen LogP contribution >= 0.6 is 0 Å². The molecule has 1 rings (SSSR count). The number of carbonyl (C=O) groups excluding carboxylic acids is 1. The van der Waals surface area contributed by atoms with E-state index in [9.17, 15) is 4.79 Å². The molecule has 0 bridgehead atoms. The van der Waals surface area contributed by atoms with Crippen LogP contribution in [-0.4, -0.2) is 50.2 Å².